The summed E-state index contributed by atoms with van der Waals surface area (Å²) in [6.07, 6.45) is 0. The second-order valence-electron chi connectivity index (χ2n) is 5.11. The lowest BCUT2D eigenvalue weighted by Gasteiger charge is -2.03. The fraction of sp³-hybridized carbons (Fsp3) is 0.312. The summed E-state index contributed by atoms with van der Waals surface area (Å²) in [5.41, 5.74) is 1.01. The topological polar surface area (TPSA) is 78.0 Å². The zero-order chi connectivity index (χ0) is 16.8. The van der Waals surface area contributed by atoms with Gasteiger partial charge < -0.3 is 14.5 Å². The van der Waals surface area contributed by atoms with Crippen molar-refractivity contribution < 1.29 is 9.15 Å². The Morgan fingerprint density at radius 2 is 2.21 bits per heavy atom. The maximum atomic E-state index is 5.88. The van der Waals surface area contributed by atoms with Crippen molar-refractivity contribution in [1.82, 2.24) is 25.5 Å². The van der Waals surface area contributed by atoms with E-state index in [-0.39, 0.29) is 0 Å². The Kier molecular flexibility index (Phi) is 5.50. The molecule has 0 bridgehead atoms. The minimum Gasteiger partial charge on any atom is -0.497 e. The van der Waals surface area contributed by atoms with Crippen molar-refractivity contribution in [2.45, 2.75) is 11.7 Å². The number of nitrogens with zero attached hydrogens (tertiary/aromatic N) is 4. The van der Waals surface area contributed by atoms with Crippen molar-refractivity contribution in [3.63, 3.8) is 0 Å². The molecular weight excluding hydrogens is 326 g/mol. The summed E-state index contributed by atoms with van der Waals surface area (Å²) in [5, 5.41) is 15.5. The first-order valence-electron chi connectivity index (χ1n) is 7.55. The van der Waals surface area contributed by atoms with Gasteiger partial charge in [-0.1, -0.05) is 23.9 Å². The summed E-state index contributed by atoms with van der Waals surface area (Å²) in [6, 6.07) is 11.8. The molecule has 3 rings (SSSR count). The third-order valence-corrected chi connectivity index (χ3v) is 4.42. The lowest BCUT2D eigenvalue weighted by Crippen LogP contribution is -2.16. The second-order valence-corrected chi connectivity index (χ2v) is 6.17. The third-order valence-electron chi connectivity index (χ3n) is 3.41. The van der Waals surface area contributed by atoms with Crippen LogP contribution in [0.2, 0.25) is 0 Å². The number of rotatable bonds is 8. The van der Waals surface area contributed by atoms with E-state index in [0.717, 1.165) is 40.3 Å². The highest BCUT2D eigenvalue weighted by atomic mass is 32.2. The first-order valence-corrected chi connectivity index (χ1v) is 8.54. The molecule has 0 saturated carbocycles. The van der Waals surface area contributed by atoms with Crippen LogP contribution >= 0.6 is 11.8 Å². The maximum absolute atomic E-state index is 5.88. The number of methoxy groups -OCH3 is 1. The predicted molar refractivity (Wildman–Crippen MR) is 91.9 cm³/mol. The van der Waals surface area contributed by atoms with E-state index >= 15 is 0 Å². The molecule has 1 aromatic carbocycles. The average Bonchev–Trinajstić information content (AvgIpc) is 3.24. The number of ether oxygens (including phenoxy) is 1. The molecule has 0 unspecified atom stereocenters. The molecule has 8 heteroatoms. The smallest absolute Gasteiger partial charge is 0.209 e. The maximum Gasteiger partial charge on any atom is 0.209 e. The van der Waals surface area contributed by atoms with E-state index in [1.54, 1.807) is 23.6 Å². The molecule has 2 aromatic heterocycles. The standard InChI is InChI=1S/C16H19N5O2S/c1-21-16(18-19-20-21)24-9-8-17-11-14-6-7-15(23-14)12-4-3-5-13(10-12)22-2/h3-7,10,17H,8-9,11H2,1-2H3. The Morgan fingerprint density at radius 1 is 1.29 bits per heavy atom. The van der Waals surface area contributed by atoms with Gasteiger partial charge in [0.2, 0.25) is 5.16 Å². The Bertz CT molecular complexity index is 786. The first kappa shape index (κ1) is 16.5. The molecule has 24 heavy (non-hydrogen) atoms. The molecule has 0 aliphatic rings. The van der Waals surface area contributed by atoms with Gasteiger partial charge in [0.1, 0.15) is 17.3 Å². The van der Waals surface area contributed by atoms with E-state index in [0.29, 0.717) is 6.54 Å². The quantitative estimate of drug-likeness (QED) is 0.496. The van der Waals surface area contributed by atoms with Crippen molar-refractivity contribution in [3.05, 3.63) is 42.2 Å². The lowest BCUT2D eigenvalue weighted by atomic mass is 10.2. The van der Waals surface area contributed by atoms with Crippen LogP contribution in [0.3, 0.4) is 0 Å². The fourth-order valence-electron chi connectivity index (χ4n) is 2.17. The summed E-state index contributed by atoms with van der Waals surface area (Å²) < 4.78 is 12.8. The fourth-order valence-corrected chi connectivity index (χ4v) is 2.92. The van der Waals surface area contributed by atoms with Crippen LogP contribution in [0.15, 0.2) is 46.0 Å². The SMILES string of the molecule is COc1cccc(-c2ccc(CNCCSc3nnnn3C)o2)c1. The van der Waals surface area contributed by atoms with Crippen molar-refractivity contribution in [2.75, 3.05) is 19.4 Å². The average molecular weight is 345 g/mol. The highest BCUT2D eigenvalue weighted by molar-refractivity contribution is 7.99. The van der Waals surface area contributed by atoms with Crippen LogP contribution in [0.25, 0.3) is 11.3 Å². The Morgan fingerprint density at radius 3 is 3.00 bits per heavy atom. The number of nitrogens with one attached hydrogen (secondary N) is 1. The van der Waals surface area contributed by atoms with E-state index in [1.165, 1.54) is 0 Å². The molecule has 2 heterocycles. The van der Waals surface area contributed by atoms with E-state index in [9.17, 15) is 0 Å². The largest absolute Gasteiger partial charge is 0.497 e. The number of thioether (sulfide) groups is 1. The Hall–Kier alpha value is -2.32. The van der Waals surface area contributed by atoms with Crippen LogP contribution in [0.5, 0.6) is 5.75 Å². The monoisotopic (exact) mass is 345 g/mol. The summed E-state index contributed by atoms with van der Waals surface area (Å²) >= 11 is 1.61. The molecule has 0 saturated heterocycles. The molecule has 0 aliphatic carbocycles. The molecule has 0 atom stereocenters. The van der Waals surface area contributed by atoms with Crippen molar-refractivity contribution >= 4 is 11.8 Å². The normalized spacial score (nSPS) is 10.9. The van der Waals surface area contributed by atoms with Gasteiger partial charge in [0.15, 0.2) is 0 Å². The molecule has 7 nitrogen and oxygen atoms in total. The van der Waals surface area contributed by atoms with E-state index in [4.69, 9.17) is 9.15 Å². The zero-order valence-electron chi connectivity index (χ0n) is 13.6. The van der Waals surface area contributed by atoms with Crippen LogP contribution < -0.4 is 10.1 Å². The third kappa shape index (κ3) is 4.15. The van der Waals surface area contributed by atoms with E-state index < -0.39 is 0 Å². The predicted octanol–water partition coefficient (Wildman–Crippen LogP) is 2.36. The first-order chi connectivity index (χ1) is 11.8. The van der Waals surface area contributed by atoms with Gasteiger partial charge in [-0.05, 0) is 34.7 Å². The van der Waals surface area contributed by atoms with Gasteiger partial charge in [-0.15, -0.1) is 5.10 Å². The zero-order valence-corrected chi connectivity index (χ0v) is 14.4. The lowest BCUT2D eigenvalue weighted by molar-refractivity contribution is 0.414. The van der Waals surface area contributed by atoms with Crippen LogP contribution in [0.1, 0.15) is 5.76 Å². The summed E-state index contributed by atoms with van der Waals surface area (Å²) in [5.74, 6) is 3.44. The summed E-state index contributed by atoms with van der Waals surface area (Å²) in [7, 11) is 3.49. The minimum atomic E-state index is 0.682. The number of furan rings is 1. The molecule has 0 amide bonds. The van der Waals surface area contributed by atoms with Crippen molar-refractivity contribution in [2.24, 2.45) is 7.05 Å². The molecular formula is C16H19N5O2S. The Labute approximate surface area is 144 Å². The molecule has 126 valence electrons. The molecule has 0 fully saturated rings. The Balaban J connectivity index is 1.47. The van der Waals surface area contributed by atoms with Gasteiger partial charge >= 0.3 is 0 Å². The highest BCUT2D eigenvalue weighted by Crippen LogP contribution is 2.25. The number of aryl methyl sites for hydroxylation is 1. The molecule has 0 spiro atoms. The number of aromatic nitrogens is 4. The summed E-state index contributed by atoms with van der Waals surface area (Å²) in [6.45, 7) is 1.52. The molecule has 1 N–H and O–H groups in total. The van der Waals surface area contributed by atoms with Crippen LogP contribution in [0.4, 0.5) is 0 Å². The minimum absolute atomic E-state index is 0.682. The molecule has 0 aliphatic heterocycles. The van der Waals surface area contributed by atoms with Crippen LogP contribution in [-0.4, -0.2) is 39.6 Å². The van der Waals surface area contributed by atoms with Gasteiger partial charge in [-0.3, -0.25) is 0 Å². The number of hydrogen-bond donors (Lipinski definition) is 1. The van der Waals surface area contributed by atoms with Gasteiger partial charge in [0.25, 0.3) is 0 Å². The number of hydrogen-bond acceptors (Lipinski definition) is 7. The molecule has 0 radical (unpaired) electrons. The van der Waals surface area contributed by atoms with Gasteiger partial charge in [0.05, 0.1) is 13.7 Å². The van der Waals surface area contributed by atoms with E-state index in [1.807, 2.05) is 43.4 Å². The summed E-state index contributed by atoms with van der Waals surface area (Å²) in [4.78, 5) is 0. The highest BCUT2D eigenvalue weighted by Gasteiger charge is 2.06. The van der Waals surface area contributed by atoms with Crippen LogP contribution in [-0.2, 0) is 13.6 Å². The van der Waals surface area contributed by atoms with Crippen molar-refractivity contribution in [3.8, 4) is 17.1 Å². The van der Waals surface area contributed by atoms with Crippen LogP contribution in [0, 0.1) is 0 Å². The van der Waals surface area contributed by atoms with Gasteiger partial charge in [-0.25, -0.2) is 4.68 Å². The van der Waals surface area contributed by atoms with Gasteiger partial charge in [-0.2, -0.15) is 0 Å². The second kappa shape index (κ2) is 7.98. The number of tetrazole rings is 1. The molecule has 3 aromatic rings. The van der Waals surface area contributed by atoms with E-state index in [2.05, 4.69) is 20.8 Å². The van der Waals surface area contributed by atoms with Gasteiger partial charge in [0, 0.05) is 24.9 Å². The number of benzene rings is 1. The van der Waals surface area contributed by atoms with Crippen molar-refractivity contribution in [1.29, 1.82) is 0 Å².